The van der Waals surface area contributed by atoms with Crippen LogP contribution in [-0.2, 0) is 51.1 Å². The molecule has 2 saturated heterocycles. The molecule has 0 unspecified atom stereocenters. The summed E-state index contributed by atoms with van der Waals surface area (Å²) in [7, 11) is 1.69. The first-order chi connectivity index (χ1) is 33.2. The van der Waals surface area contributed by atoms with Crippen molar-refractivity contribution in [3.05, 3.63) is 70.8 Å². The minimum Gasteiger partial charge on any atom is -0.363 e. The third-order valence-corrected chi connectivity index (χ3v) is 14.3. The number of fused-ring (bicyclic) bond motifs is 2. The lowest BCUT2D eigenvalue weighted by Gasteiger charge is -2.36. The van der Waals surface area contributed by atoms with Gasteiger partial charge in [0.25, 0.3) is 0 Å². The summed E-state index contributed by atoms with van der Waals surface area (Å²) in [4.78, 5) is 85.4. The smallest absolute Gasteiger partial charge is 0.246 e. The molecule has 70 heavy (non-hydrogen) atoms. The molecule has 2 aromatic rings. The van der Waals surface area contributed by atoms with E-state index in [0.29, 0.717) is 58.0 Å². The van der Waals surface area contributed by atoms with Crippen LogP contribution in [0.25, 0.3) is 0 Å². The molecule has 0 aromatic heterocycles. The number of hydrogen-bond donors (Lipinski definition) is 5. The maximum Gasteiger partial charge on any atom is 0.246 e. The fourth-order valence-corrected chi connectivity index (χ4v) is 9.83. The van der Waals surface area contributed by atoms with Crippen molar-refractivity contribution in [2.45, 2.75) is 162 Å². The molecule has 0 saturated carbocycles. The highest BCUT2D eigenvalue weighted by atomic mass is 16.5. The van der Waals surface area contributed by atoms with E-state index in [2.05, 4.69) is 50.3 Å². The molecule has 2 fully saturated rings. The van der Waals surface area contributed by atoms with Gasteiger partial charge in [-0.05, 0) is 91.0 Å². The molecule has 2 aliphatic carbocycles. The lowest BCUT2D eigenvalue weighted by molar-refractivity contribution is -0.144. The number of amides is 6. The number of likely N-dealkylation sites (N-methyl/N-ethyl adjacent to an activating group) is 1. The summed E-state index contributed by atoms with van der Waals surface area (Å²) < 4.78 is 12.6. The van der Waals surface area contributed by atoms with Crippen LogP contribution in [0.1, 0.15) is 129 Å². The predicted molar refractivity (Wildman–Crippen MR) is 267 cm³/mol. The molecule has 0 bridgehead atoms. The zero-order chi connectivity index (χ0) is 50.9. The number of ether oxygens (including phenoxy) is 2. The number of carbonyl (C=O) groups excluding carboxylic acids is 6. The number of nitrogens with zero attached hydrogens (tertiary/aromatic N) is 2. The SMILES string of the molecule is CC[C@@H](C)C(=O)N[C@H](C(=O)N1CCC[C@H]1C(=O)N[C@H]1c2ccccc2C[C@H]1OCC#CC#CCO[C@@H]1Cc2ccccc2[C@@H]1NC(=O)[C@@H]1CCCN1C(=O)[C@@H](NC(=O)[C@H](C)NC)C(C)(C)C)C(C)(C)C. The van der Waals surface area contributed by atoms with Crippen molar-refractivity contribution < 1.29 is 38.2 Å². The van der Waals surface area contributed by atoms with Gasteiger partial charge in [0.05, 0.1) is 30.3 Å². The normalized spacial score (nSPS) is 23.3. The summed E-state index contributed by atoms with van der Waals surface area (Å²) in [6.45, 7) is 18.0. The largest absolute Gasteiger partial charge is 0.363 e. The molecule has 2 aliphatic heterocycles. The maximum atomic E-state index is 14.1. The van der Waals surface area contributed by atoms with Crippen molar-refractivity contribution >= 4 is 35.4 Å². The van der Waals surface area contributed by atoms with E-state index >= 15 is 0 Å². The number of nitrogens with one attached hydrogen (secondary N) is 5. The highest BCUT2D eigenvalue weighted by Crippen LogP contribution is 2.36. The van der Waals surface area contributed by atoms with Crippen LogP contribution >= 0.6 is 0 Å². The molecule has 10 atom stereocenters. The maximum absolute atomic E-state index is 14.1. The zero-order valence-electron chi connectivity index (χ0n) is 42.8. The fraction of sp³-hybridized carbons (Fsp3) is 0.600. The van der Waals surface area contributed by atoms with Crippen LogP contribution in [-0.4, -0.2) is 121 Å². The topological polar surface area (TPSA) is 188 Å². The number of likely N-dealkylation sites (tertiary alicyclic amines) is 2. The average Bonchev–Trinajstić information content (AvgIpc) is 4.15. The fourth-order valence-electron chi connectivity index (χ4n) is 9.83. The molecule has 0 spiro atoms. The monoisotopic (exact) mass is 962 g/mol. The van der Waals surface area contributed by atoms with Gasteiger partial charge in [-0.2, -0.15) is 0 Å². The van der Waals surface area contributed by atoms with Gasteiger partial charge in [0.15, 0.2) is 0 Å². The van der Waals surface area contributed by atoms with Gasteiger partial charge >= 0.3 is 0 Å². The Hall–Kier alpha value is -5.74. The second kappa shape index (κ2) is 23.4. The van der Waals surface area contributed by atoms with Crippen LogP contribution in [0.15, 0.2) is 48.5 Å². The third-order valence-electron chi connectivity index (χ3n) is 14.3. The van der Waals surface area contributed by atoms with E-state index in [4.69, 9.17) is 9.47 Å². The van der Waals surface area contributed by atoms with E-state index in [1.54, 1.807) is 23.8 Å². The minimum absolute atomic E-state index is 0.0695. The Bertz CT molecular complexity index is 2200. The molecule has 15 nitrogen and oxygen atoms in total. The Morgan fingerprint density at radius 3 is 1.47 bits per heavy atom. The first kappa shape index (κ1) is 53.6. The molecule has 2 aromatic carbocycles. The number of hydrogen-bond acceptors (Lipinski definition) is 9. The highest BCUT2D eigenvalue weighted by Gasteiger charge is 2.46. The average molecular weight is 962 g/mol. The molecule has 2 heterocycles. The molecule has 0 radical (unpaired) electrons. The van der Waals surface area contributed by atoms with Gasteiger partial charge in [-0.1, -0.05) is 116 Å². The van der Waals surface area contributed by atoms with Crippen molar-refractivity contribution in [3.63, 3.8) is 0 Å². The summed E-state index contributed by atoms with van der Waals surface area (Å²) in [5.41, 5.74) is 2.89. The van der Waals surface area contributed by atoms with Crippen molar-refractivity contribution in [1.82, 2.24) is 36.4 Å². The van der Waals surface area contributed by atoms with E-state index in [9.17, 15) is 28.8 Å². The van der Waals surface area contributed by atoms with Crippen LogP contribution in [0.3, 0.4) is 0 Å². The molecular formula is C55H75N7O8. The van der Waals surface area contributed by atoms with Gasteiger partial charge in [0.1, 0.15) is 37.4 Å². The van der Waals surface area contributed by atoms with Crippen LogP contribution in [0, 0.1) is 40.4 Å². The van der Waals surface area contributed by atoms with E-state index in [0.717, 1.165) is 22.3 Å². The van der Waals surface area contributed by atoms with Crippen LogP contribution in [0.4, 0.5) is 0 Å². The van der Waals surface area contributed by atoms with Crippen molar-refractivity contribution in [2.24, 2.45) is 16.7 Å². The van der Waals surface area contributed by atoms with Crippen molar-refractivity contribution in [1.29, 1.82) is 0 Å². The standard InChI is InChI=1S/C55H75N7O8/c1-11-34(2)48(63)59-46(54(4,5)6)52(67)61-28-20-26-40(61)50(65)57-44-38-24-16-14-22-36(38)32-42(44)69-30-18-12-13-19-31-70-43-33-37-23-15-17-25-39(37)45(43)58-51(66)41-27-21-29-62(41)53(68)47(55(7,8)9)60-49(64)35(3)56-10/h14-17,22-25,34-35,40-47,56H,11,20-21,26-33H2,1-10H3,(H,57,65)(H,58,66)(H,59,63)(H,60,64)/t34-,35+,40+,41+,42-,43-,44+,45+,46-,47-/m1/s1. The van der Waals surface area contributed by atoms with E-state index in [1.807, 2.05) is 104 Å². The van der Waals surface area contributed by atoms with Crippen LogP contribution < -0.4 is 26.6 Å². The lowest BCUT2D eigenvalue weighted by atomic mass is 9.85. The summed E-state index contributed by atoms with van der Waals surface area (Å²) in [6.07, 6.45) is 3.37. The Labute approximate surface area is 415 Å². The molecule has 15 heteroatoms. The molecule has 5 N–H and O–H groups in total. The molecule has 6 rings (SSSR count). The van der Waals surface area contributed by atoms with Crippen molar-refractivity contribution in [3.8, 4) is 23.7 Å². The third kappa shape index (κ3) is 12.8. The zero-order valence-corrected chi connectivity index (χ0v) is 42.8. The highest BCUT2D eigenvalue weighted by molar-refractivity contribution is 5.95. The second-order valence-electron chi connectivity index (χ2n) is 21.4. The first-order valence-electron chi connectivity index (χ1n) is 25.1. The number of benzene rings is 2. The molecule has 378 valence electrons. The van der Waals surface area contributed by atoms with Gasteiger partial charge in [0.2, 0.25) is 35.4 Å². The molecule has 4 aliphatic rings. The molecule has 6 amide bonds. The van der Waals surface area contributed by atoms with Crippen LogP contribution in [0.2, 0.25) is 0 Å². The van der Waals surface area contributed by atoms with Gasteiger partial charge in [-0.25, -0.2) is 0 Å². The first-order valence-corrected chi connectivity index (χ1v) is 25.1. The quantitative estimate of drug-likeness (QED) is 0.153. The van der Waals surface area contributed by atoms with E-state index in [-0.39, 0.29) is 54.6 Å². The number of rotatable bonds is 16. The number of carbonyl (C=O) groups is 6. The van der Waals surface area contributed by atoms with Gasteiger partial charge in [0, 0.05) is 31.8 Å². The van der Waals surface area contributed by atoms with Crippen LogP contribution in [0.5, 0.6) is 0 Å². The summed E-state index contributed by atoms with van der Waals surface area (Å²) in [5, 5.41) is 15.3. The Morgan fingerprint density at radius 1 is 0.657 bits per heavy atom. The summed E-state index contributed by atoms with van der Waals surface area (Å²) in [5.74, 6) is 9.94. The summed E-state index contributed by atoms with van der Waals surface area (Å²) in [6, 6.07) is 11.4. The summed E-state index contributed by atoms with van der Waals surface area (Å²) >= 11 is 0. The van der Waals surface area contributed by atoms with Gasteiger partial charge in [-0.3, -0.25) is 28.8 Å². The Balaban J connectivity index is 1.05. The van der Waals surface area contributed by atoms with E-state index < -0.39 is 65.3 Å². The minimum atomic E-state index is -0.817. The van der Waals surface area contributed by atoms with Gasteiger partial charge in [-0.15, -0.1) is 0 Å². The van der Waals surface area contributed by atoms with Gasteiger partial charge < -0.3 is 45.9 Å². The van der Waals surface area contributed by atoms with Crippen molar-refractivity contribution in [2.75, 3.05) is 33.4 Å². The van der Waals surface area contributed by atoms with E-state index in [1.165, 1.54) is 0 Å². The Kier molecular flexibility index (Phi) is 18.0. The lowest BCUT2D eigenvalue weighted by Crippen LogP contribution is -2.59. The second-order valence-corrected chi connectivity index (χ2v) is 21.4. The predicted octanol–water partition coefficient (Wildman–Crippen LogP) is 4.29. The Morgan fingerprint density at radius 2 is 1.07 bits per heavy atom. The molecular weight excluding hydrogens is 887 g/mol.